The lowest BCUT2D eigenvalue weighted by molar-refractivity contribution is -0.176. The molecule has 2 atom stereocenters. The molecule has 5 heteroatoms. The third kappa shape index (κ3) is 1.35. The molecule has 0 bridgehead atoms. The maximum absolute atomic E-state index is 11.0. The molecule has 74 valence electrons. The lowest BCUT2D eigenvalue weighted by Gasteiger charge is -2.25. The molecule has 2 fully saturated rings. The zero-order valence-corrected chi connectivity index (χ0v) is 8.50. The van der Waals surface area contributed by atoms with Crippen molar-refractivity contribution in [2.24, 2.45) is 0 Å². The number of carboxylic acid groups (broad SMARTS) is 1. The summed E-state index contributed by atoms with van der Waals surface area (Å²) in [4.78, 5) is 16.3. The van der Waals surface area contributed by atoms with Crippen LogP contribution in [0.25, 0.3) is 0 Å². The molecule has 4 nitrogen and oxygen atoms in total. The van der Waals surface area contributed by atoms with E-state index in [9.17, 15) is 4.79 Å². The van der Waals surface area contributed by atoms with Gasteiger partial charge in [0.2, 0.25) is 0 Å². The van der Waals surface area contributed by atoms with Crippen molar-refractivity contribution in [1.82, 2.24) is 5.06 Å². The van der Waals surface area contributed by atoms with E-state index in [1.165, 1.54) is 0 Å². The Balaban J connectivity index is 2.25. The minimum Gasteiger partial charge on any atom is -0.480 e. The highest BCUT2D eigenvalue weighted by atomic mass is 32.2. The molecule has 1 N–H and O–H groups in total. The van der Waals surface area contributed by atoms with Gasteiger partial charge in [0.1, 0.15) is 6.04 Å². The maximum Gasteiger partial charge on any atom is 0.324 e. The fourth-order valence-electron chi connectivity index (χ4n) is 1.95. The Labute approximate surface area is 81.2 Å². The van der Waals surface area contributed by atoms with Crippen LogP contribution in [0.5, 0.6) is 0 Å². The van der Waals surface area contributed by atoms with Gasteiger partial charge in [0.15, 0.2) is 0 Å². The molecule has 0 saturated carbocycles. The van der Waals surface area contributed by atoms with Crippen molar-refractivity contribution in [2.75, 3.05) is 6.61 Å². The van der Waals surface area contributed by atoms with Gasteiger partial charge in [0.25, 0.3) is 0 Å². The van der Waals surface area contributed by atoms with Crippen molar-refractivity contribution >= 4 is 17.7 Å². The third-order valence-electron chi connectivity index (χ3n) is 2.48. The summed E-state index contributed by atoms with van der Waals surface area (Å²) in [5, 5.41) is 10.9. The van der Waals surface area contributed by atoms with Gasteiger partial charge < -0.3 is 5.11 Å². The molecule has 0 aromatic rings. The van der Waals surface area contributed by atoms with Gasteiger partial charge in [-0.2, -0.15) is 5.06 Å². The van der Waals surface area contributed by atoms with E-state index < -0.39 is 12.0 Å². The van der Waals surface area contributed by atoms with E-state index in [-0.39, 0.29) is 10.1 Å². The van der Waals surface area contributed by atoms with Crippen molar-refractivity contribution in [1.29, 1.82) is 0 Å². The molecule has 0 aromatic carbocycles. The molecule has 2 rings (SSSR count). The number of hydroxylamine groups is 2. The Morgan fingerprint density at radius 3 is 3.00 bits per heavy atom. The summed E-state index contributed by atoms with van der Waals surface area (Å²) < 4.78 is -0.253. The van der Waals surface area contributed by atoms with E-state index in [1.54, 1.807) is 16.8 Å². The van der Waals surface area contributed by atoms with Crippen LogP contribution >= 0.6 is 11.8 Å². The predicted octanol–water partition coefficient (Wildman–Crippen LogP) is 0.928. The van der Waals surface area contributed by atoms with Crippen LogP contribution in [-0.2, 0) is 9.63 Å². The second-order valence-corrected chi connectivity index (χ2v) is 5.73. The largest absolute Gasteiger partial charge is 0.480 e. The van der Waals surface area contributed by atoms with Gasteiger partial charge in [-0.15, -0.1) is 11.8 Å². The first-order valence-electron chi connectivity index (χ1n) is 4.34. The number of hydrogen-bond acceptors (Lipinski definition) is 4. The van der Waals surface area contributed by atoms with Gasteiger partial charge in [0.05, 0.1) is 12.0 Å². The number of rotatable bonds is 1. The van der Waals surface area contributed by atoms with Crippen LogP contribution in [0.4, 0.5) is 0 Å². The molecule has 0 amide bonds. The average molecular weight is 203 g/mol. The Kier molecular flexibility index (Phi) is 2.05. The van der Waals surface area contributed by atoms with E-state index in [0.717, 1.165) is 6.42 Å². The number of hydrogen-bond donors (Lipinski definition) is 1. The quantitative estimate of drug-likeness (QED) is 0.687. The first-order chi connectivity index (χ1) is 6.02. The van der Waals surface area contributed by atoms with E-state index >= 15 is 0 Å². The van der Waals surface area contributed by atoms with Crippen molar-refractivity contribution in [3.8, 4) is 0 Å². The molecule has 2 aliphatic heterocycles. The first-order valence-corrected chi connectivity index (χ1v) is 5.22. The Morgan fingerprint density at radius 1 is 1.69 bits per heavy atom. The molecule has 0 aromatic heterocycles. The summed E-state index contributed by atoms with van der Waals surface area (Å²) in [6, 6.07) is -0.509. The third-order valence-corrected chi connectivity index (χ3v) is 4.02. The maximum atomic E-state index is 11.0. The summed E-state index contributed by atoms with van der Waals surface area (Å²) in [5.74, 6) is -0.790. The minimum absolute atomic E-state index is 0.232. The monoisotopic (exact) mass is 203 g/mol. The highest BCUT2D eigenvalue weighted by molar-refractivity contribution is 8.01. The van der Waals surface area contributed by atoms with Crippen LogP contribution in [-0.4, -0.2) is 38.9 Å². The molecule has 0 spiro atoms. The summed E-state index contributed by atoms with van der Waals surface area (Å²) in [5.41, 5.74) is 0. The zero-order valence-electron chi connectivity index (χ0n) is 7.69. The van der Waals surface area contributed by atoms with E-state index in [0.29, 0.717) is 6.61 Å². The average Bonchev–Trinajstić information content (AvgIpc) is 2.41. The highest BCUT2D eigenvalue weighted by Crippen LogP contribution is 2.47. The first kappa shape index (κ1) is 9.30. The lowest BCUT2D eigenvalue weighted by Crippen LogP contribution is -2.45. The number of carbonyl (C=O) groups is 1. The predicted molar refractivity (Wildman–Crippen MR) is 49.3 cm³/mol. The molecular formula is C8H13NO3S. The van der Waals surface area contributed by atoms with Gasteiger partial charge in [-0.25, -0.2) is 0 Å². The van der Waals surface area contributed by atoms with Gasteiger partial charge in [-0.3, -0.25) is 9.63 Å². The van der Waals surface area contributed by atoms with Gasteiger partial charge in [-0.1, -0.05) is 0 Å². The number of carboxylic acids is 1. The Morgan fingerprint density at radius 2 is 2.38 bits per heavy atom. The SMILES string of the molecule is CC1(C)S[C@@H]2CCON2C1C(=O)O. The van der Waals surface area contributed by atoms with Crippen LogP contribution < -0.4 is 0 Å². The van der Waals surface area contributed by atoms with Crippen LogP contribution in [0, 0.1) is 0 Å². The second kappa shape index (κ2) is 2.87. The standard InChI is InChI=1S/C8H13NO3S/c1-8(2)6(7(10)11)9-5(13-8)3-4-12-9/h5-6H,3-4H2,1-2H3,(H,10,11)/t5-,6?/m1/s1. The van der Waals surface area contributed by atoms with Gasteiger partial charge in [-0.05, 0) is 20.3 Å². The fourth-order valence-corrected chi connectivity index (χ4v) is 3.48. The van der Waals surface area contributed by atoms with Gasteiger partial charge in [0, 0.05) is 4.75 Å². The fraction of sp³-hybridized carbons (Fsp3) is 0.875. The molecule has 0 radical (unpaired) electrons. The minimum atomic E-state index is -0.790. The van der Waals surface area contributed by atoms with Crippen LogP contribution in [0.2, 0.25) is 0 Å². The van der Waals surface area contributed by atoms with Gasteiger partial charge >= 0.3 is 5.97 Å². The van der Waals surface area contributed by atoms with Crippen LogP contribution in [0.3, 0.4) is 0 Å². The summed E-state index contributed by atoms with van der Waals surface area (Å²) in [6.07, 6.45) is 0.928. The van der Waals surface area contributed by atoms with E-state index in [1.807, 2.05) is 13.8 Å². The Bertz CT molecular complexity index is 244. The lowest BCUT2D eigenvalue weighted by atomic mass is 10.0. The number of fused-ring (bicyclic) bond motifs is 1. The molecule has 13 heavy (non-hydrogen) atoms. The van der Waals surface area contributed by atoms with Crippen molar-refractivity contribution in [2.45, 2.75) is 36.4 Å². The molecule has 2 saturated heterocycles. The van der Waals surface area contributed by atoms with Crippen molar-refractivity contribution in [3.05, 3.63) is 0 Å². The van der Waals surface area contributed by atoms with Crippen molar-refractivity contribution in [3.63, 3.8) is 0 Å². The highest BCUT2D eigenvalue weighted by Gasteiger charge is 2.54. The summed E-state index contributed by atoms with van der Waals surface area (Å²) in [7, 11) is 0. The summed E-state index contributed by atoms with van der Waals surface area (Å²) in [6.45, 7) is 4.56. The zero-order chi connectivity index (χ0) is 9.64. The smallest absolute Gasteiger partial charge is 0.324 e. The molecule has 1 unspecified atom stereocenters. The van der Waals surface area contributed by atoms with Crippen LogP contribution in [0.1, 0.15) is 20.3 Å². The molecular weight excluding hydrogens is 190 g/mol. The normalized spacial score (nSPS) is 37.7. The summed E-state index contributed by atoms with van der Waals surface area (Å²) >= 11 is 1.69. The topological polar surface area (TPSA) is 49.8 Å². The van der Waals surface area contributed by atoms with Crippen molar-refractivity contribution < 1.29 is 14.7 Å². The molecule has 0 aliphatic carbocycles. The second-order valence-electron chi connectivity index (χ2n) is 3.90. The number of thioether (sulfide) groups is 1. The van der Waals surface area contributed by atoms with E-state index in [2.05, 4.69) is 0 Å². The molecule has 2 heterocycles. The molecule has 2 aliphatic rings. The number of nitrogens with zero attached hydrogens (tertiary/aromatic N) is 1. The number of aliphatic carboxylic acids is 1. The Hall–Kier alpha value is -0.260. The van der Waals surface area contributed by atoms with E-state index in [4.69, 9.17) is 9.94 Å². The van der Waals surface area contributed by atoms with Crippen LogP contribution in [0.15, 0.2) is 0 Å².